The van der Waals surface area contributed by atoms with Crippen molar-refractivity contribution in [3.05, 3.63) is 47.5 Å². The highest BCUT2D eigenvalue weighted by Crippen LogP contribution is 2.44. The molecule has 0 amide bonds. The number of rotatable bonds is 4. The summed E-state index contributed by atoms with van der Waals surface area (Å²) in [6, 6.07) is 10.4. The van der Waals surface area contributed by atoms with Crippen LogP contribution in [-0.4, -0.2) is 25.3 Å². The molecule has 0 saturated carbocycles. The summed E-state index contributed by atoms with van der Waals surface area (Å²) in [5.74, 6) is -0.112. The zero-order chi connectivity index (χ0) is 14.2. The molecule has 1 saturated heterocycles. The summed E-state index contributed by atoms with van der Waals surface area (Å²) in [4.78, 5) is 11.9. The molecule has 3 heteroatoms. The summed E-state index contributed by atoms with van der Waals surface area (Å²) < 4.78 is 11.0. The van der Waals surface area contributed by atoms with Crippen LogP contribution in [0.25, 0.3) is 0 Å². The van der Waals surface area contributed by atoms with Crippen molar-refractivity contribution < 1.29 is 14.3 Å². The maximum atomic E-state index is 11.9. The Bertz CT molecular complexity index is 534. The van der Waals surface area contributed by atoms with Crippen LogP contribution in [0.5, 0.6) is 0 Å². The average molecular weight is 272 g/mol. The van der Waals surface area contributed by atoms with Crippen LogP contribution < -0.4 is 0 Å². The van der Waals surface area contributed by atoms with Crippen LogP contribution >= 0.6 is 0 Å². The Labute approximate surface area is 119 Å². The van der Waals surface area contributed by atoms with E-state index in [4.69, 9.17) is 9.47 Å². The summed E-state index contributed by atoms with van der Waals surface area (Å²) >= 11 is 0. The van der Waals surface area contributed by atoms with Gasteiger partial charge in [0.25, 0.3) is 0 Å². The highest BCUT2D eigenvalue weighted by atomic mass is 16.6. The maximum absolute atomic E-state index is 11.9. The molecule has 0 spiro atoms. The van der Waals surface area contributed by atoms with Crippen molar-refractivity contribution in [2.75, 3.05) is 7.11 Å². The topological polar surface area (TPSA) is 35.5 Å². The van der Waals surface area contributed by atoms with Crippen molar-refractivity contribution in [3.8, 4) is 0 Å². The zero-order valence-electron chi connectivity index (χ0n) is 12.0. The summed E-state index contributed by atoms with van der Waals surface area (Å²) in [5.41, 5.74) is 2.05. The van der Waals surface area contributed by atoms with Crippen LogP contribution in [-0.2, 0) is 20.7 Å². The lowest BCUT2D eigenvalue weighted by atomic mass is 9.76. The number of aryl methyl sites for hydroxylation is 1. The lowest BCUT2D eigenvalue weighted by Gasteiger charge is -2.29. The predicted octanol–water partition coefficient (Wildman–Crippen LogP) is 2.90. The number of fused-ring (bicyclic) bond motifs is 2. The highest BCUT2D eigenvalue weighted by molar-refractivity contribution is 5.82. The van der Waals surface area contributed by atoms with Gasteiger partial charge in [0.15, 0.2) is 0 Å². The van der Waals surface area contributed by atoms with Crippen molar-refractivity contribution in [2.24, 2.45) is 5.41 Å². The van der Waals surface area contributed by atoms with Gasteiger partial charge in [0.05, 0.1) is 5.41 Å². The molecule has 0 N–H and O–H groups in total. The van der Waals surface area contributed by atoms with E-state index in [9.17, 15) is 4.79 Å². The van der Waals surface area contributed by atoms with Crippen molar-refractivity contribution in [1.29, 1.82) is 0 Å². The molecule has 20 heavy (non-hydrogen) atoms. The molecule has 1 aromatic carbocycles. The third kappa shape index (κ3) is 2.27. The molecule has 3 nitrogen and oxygen atoms in total. The molecule has 0 radical (unpaired) electrons. The predicted molar refractivity (Wildman–Crippen MR) is 76.2 cm³/mol. The molecule has 1 fully saturated rings. The molecule has 3 unspecified atom stereocenters. The van der Waals surface area contributed by atoms with Crippen LogP contribution in [0.2, 0.25) is 0 Å². The first-order chi connectivity index (χ1) is 9.62. The Hall–Kier alpha value is -1.61. The standard InChI is InChI=1S/C17H20O3/c1-17-10-13(9-8-12-6-4-3-5-7-12)15(19-2)14(11-17)20-16(17)18/h3-7,10,14-15H,8-9,11H2,1-2H3. The molecule has 2 bridgehead atoms. The van der Waals surface area contributed by atoms with Crippen molar-refractivity contribution in [3.63, 3.8) is 0 Å². The van der Waals surface area contributed by atoms with Gasteiger partial charge in [-0.05, 0) is 30.9 Å². The van der Waals surface area contributed by atoms with Gasteiger partial charge < -0.3 is 9.47 Å². The first-order valence-corrected chi connectivity index (χ1v) is 7.12. The molecular formula is C17H20O3. The van der Waals surface area contributed by atoms with Crippen molar-refractivity contribution in [2.45, 2.75) is 38.4 Å². The van der Waals surface area contributed by atoms with Crippen molar-refractivity contribution >= 4 is 5.97 Å². The average Bonchev–Trinajstić information content (AvgIpc) is 2.69. The highest BCUT2D eigenvalue weighted by Gasteiger charge is 2.51. The molecule has 106 valence electrons. The summed E-state index contributed by atoms with van der Waals surface area (Å²) in [7, 11) is 1.69. The fourth-order valence-corrected chi connectivity index (χ4v) is 3.28. The monoisotopic (exact) mass is 272 g/mol. The minimum absolute atomic E-state index is 0.0850. The van der Waals surface area contributed by atoms with Crippen LogP contribution in [0.4, 0.5) is 0 Å². The number of hydrogen-bond acceptors (Lipinski definition) is 3. The van der Waals surface area contributed by atoms with Gasteiger partial charge >= 0.3 is 5.97 Å². The van der Waals surface area contributed by atoms with Gasteiger partial charge in [-0.15, -0.1) is 0 Å². The van der Waals surface area contributed by atoms with Crippen LogP contribution in [0.1, 0.15) is 25.3 Å². The number of carbonyl (C=O) groups is 1. The largest absolute Gasteiger partial charge is 0.459 e. The molecule has 1 aliphatic carbocycles. The van der Waals surface area contributed by atoms with Crippen LogP contribution in [0.15, 0.2) is 42.0 Å². The van der Waals surface area contributed by atoms with E-state index in [0.717, 1.165) is 19.3 Å². The van der Waals surface area contributed by atoms with Gasteiger partial charge in [-0.25, -0.2) is 0 Å². The lowest BCUT2D eigenvalue weighted by Crippen LogP contribution is -2.34. The Kier molecular flexibility index (Phi) is 3.38. The van der Waals surface area contributed by atoms with Crippen molar-refractivity contribution in [1.82, 2.24) is 0 Å². The Morgan fingerprint density at radius 2 is 2.05 bits per heavy atom. The fourth-order valence-electron chi connectivity index (χ4n) is 3.28. The Morgan fingerprint density at radius 1 is 1.30 bits per heavy atom. The third-order valence-corrected chi connectivity index (χ3v) is 4.36. The number of esters is 1. The molecular weight excluding hydrogens is 252 g/mol. The van der Waals surface area contributed by atoms with E-state index in [1.165, 1.54) is 11.1 Å². The zero-order valence-corrected chi connectivity index (χ0v) is 12.0. The Morgan fingerprint density at radius 3 is 2.75 bits per heavy atom. The van der Waals surface area contributed by atoms with E-state index in [-0.39, 0.29) is 18.2 Å². The van der Waals surface area contributed by atoms with Crippen LogP contribution in [0.3, 0.4) is 0 Å². The fraction of sp³-hybridized carbons (Fsp3) is 0.471. The van der Waals surface area contributed by atoms with Gasteiger partial charge in [-0.2, -0.15) is 0 Å². The van der Waals surface area contributed by atoms with E-state index < -0.39 is 5.41 Å². The number of ether oxygens (including phenoxy) is 2. The summed E-state index contributed by atoms with van der Waals surface area (Å²) in [6.07, 6.45) is 4.48. The molecule has 1 aromatic rings. The second kappa shape index (κ2) is 5.06. The molecule has 3 atom stereocenters. The summed E-state index contributed by atoms with van der Waals surface area (Å²) in [5, 5.41) is 0. The number of carbonyl (C=O) groups excluding carboxylic acids is 1. The molecule has 0 aromatic heterocycles. The quantitative estimate of drug-likeness (QED) is 0.624. The maximum Gasteiger partial charge on any atom is 0.316 e. The SMILES string of the molecule is COC1C(CCc2ccccc2)=CC2(C)CC1OC2=O. The van der Waals surface area contributed by atoms with E-state index >= 15 is 0 Å². The smallest absolute Gasteiger partial charge is 0.316 e. The van der Waals surface area contributed by atoms with E-state index in [1.807, 2.05) is 13.0 Å². The van der Waals surface area contributed by atoms with Gasteiger partial charge in [0, 0.05) is 13.5 Å². The van der Waals surface area contributed by atoms with Crippen LogP contribution in [0, 0.1) is 5.41 Å². The minimum Gasteiger partial charge on any atom is -0.459 e. The minimum atomic E-state index is -0.453. The van der Waals surface area contributed by atoms with Gasteiger partial charge in [-0.3, -0.25) is 4.79 Å². The summed E-state index contributed by atoms with van der Waals surface area (Å²) in [6.45, 7) is 1.96. The normalized spacial score (nSPS) is 31.9. The van der Waals surface area contributed by atoms with E-state index in [2.05, 4.69) is 30.3 Å². The number of methoxy groups -OCH3 is 1. The molecule has 1 aliphatic heterocycles. The van der Waals surface area contributed by atoms with Gasteiger partial charge in [0.2, 0.25) is 0 Å². The number of benzene rings is 1. The first kappa shape index (κ1) is 13.4. The van der Waals surface area contributed by atoms with Gasteiger partial charge in [0.1, 0.15) is 12.2 Å². The Balaban J connectivity index is 1.79. The third-order valence-electron chi connectivity index (χ3n) is 4.36. The second-order valence-electron chi connectivity index (χ2n) is 5.93. The number of hydrogen-bond donors (Lipinski definition) is 0. The molecule has 2 aliphatic rings. The second-order valence-corrected chi connectivity index (χ2v) is 5.93. The first-order valence-electron chi connectivity index (χ1n) is 7.12. The molecule has 3 rings (SSSR count). The molecule has 1 heterocycles. The van der Waals surface area contributed by atoms with Gasteiger partial charge in [-0.1, -0.05) is 36.4 Å². The van der Waals surface area contributed by atoms with E-state index in [1.54, 1.807) is 7.11 Å². The lowest BCUT2D eigenvalue weighted by molar-refractivity contribution is -0.148. The van der Waals surface area contributed by atoms with E-state index in [0.29, 0.717) is 0 Å².